The second-order valence-electron chi connectivity index (χ2n) is 3.30. The van der Waals surface area contributed by atoms with Gasteiger partial charge in [-0.3, -0.25) is 0 Å². The molecule has 0 aliphatic carbocycles. The minimum atomic E-state index is -1.94. The smallest absolute Gasteiger partial charge is 0.335 e. The van der Waals surface area contributed by atoms with Crippen LogP contribution in [0, 0.1) is 0 Å². The summed E-state index contributed by atoms with van der Waals surface area (Å²) in [5.41, 5.74) is 0.104. The van der Waals surface area contributed by atoms with E-state index in [1.54, 1.807) is 6.07 Å². The van der Waals surface area contributed by atoms with Gasteiger partial charge in [0.15, 0.2) is 6.10 Å². The van der Waals surface area contributed by atoms with Crippen molar-refractivity contribution in [3.63, 3.8) is 0 Å². The van der Waals surface area contributed by atoms with Crippen LogP contribution in [0.4, 0.5) is 0 Å². The molecule has 0 aliphatic rings. The summed E-state index contributed by atoms with van der Waals surface area (Å²) in [6.07, 6.45) is -3.57. The molecular formula is C11H14O6. The maximum Gasteiger partial charge on any atom is 0.335 e. The van der Waals surface area contributed by atoms with Gasteiger partial charge >= 0.3 is 5.97 Å². The van der Waals surface area contributed by atoms with Crippen molar-refractivity contribution in [3.05, 3.63) is 23.8 Å². The summed E-state index contributed by atoms with van der Waals surface area (Å²) in [5, 5.41) is 27.8. The molecule has 2 atom stereocenters. The second-order valence-corrected chi connectivity index (χ2v) is 3.30. The number of aliphatic hydroxyl groups is 2. The normalized spacial score (nSPS) is 13.9. The van der Waals surface area contributed by atoms with E-state index in [9.17, 15) is 15.0 Å². The fourth-order valence-electron chi connectivity index (χ4n) is 1.46. The van der Waals surface area contributed by atoms with Crippen LogP contribution in [-0.2, 0) is 4.79 Å². The zero-order chi connectivity index (χ0) is 13.0. The summed E-state index contributed by atoms with van der Waals surface area (Å²) in [6, 6.07) is 4.70. The number of hydrogen-bond acceptors (Lipinski definition) is 5. The lowest BCUT2D eigenvalue weighted by atomic mass is 10.0. The van der Waals surface area contributed by atoms with Crippen LogP contribution < -0.4 is 9.47 Å². The molecule has 3 N–H and O–H groups in total. The van der Waals surface area contributed by atoms with Gasteiger partial charge in [-0.15, -0.1) is 0 Å². The van der Waals surface area contributed by atoms with Crippen molar-refractivity contribution >= 4 is 5.97 Å². The van der Waals surface area contributed by atoms with E-state index in [1.165, 1.54) is 26.4 Å². The Bertz CT molecular complexity index is 381. The lowest BCUT2D eigenvalue weighted by molar-refractivity contribution is -0.153. The van der Waals surface area contributed by atoms with Crippen molar-refractivity contribution in [3.8, 4) is 11.5 Å². The summed E-state index contributed by atoms with van der Waals surface area (Å²) in [4.78, 5) is 10.6. The average Bonchev–Trinajstić information content (AvgIpc) is 2.35. The number of hydrogen-bond donors (Lipinski definition) is 3. The zero-order valence-corrected chi connectivity index (χ0v) is 9.45. The van der Waals surface area contributed by atoms with Gasteiger partial charge in [0.2, 0.25) is 0 Å². The van der Waals surface area contributed by atoms with Gasteiger partial charge in [0.05, 0.1) is 19.8 Å². The first-order valence-corrected chi connectivity index (χ1v) is 4.82. The SMILES string of the molecule is COc1cccc(OC)c1C(O)C(O)C(=O)O. The molecule has 2 unspecified atom stereocenters. The number of aliphatic hydroxyl groups excluding tert-OH is 2. The van der Waals surface area contributed by atoms with Gasteiger partial charge in [0, 0.05) is 0 Å². The molecule has 0 bridgehead atoms. The minimum Gasteiger partial charge on any atom is -0.496 e. The molecule has 0 saturated carbocycles. The summed E-state index contributed by atoms with van der Waals surface area (Å²) in [7, 11) is 2.75. The summed E-state index contributed by atoms with van der Waals surface area (Å²) < 4.78 is 9.99. The maximum absolute atomic E-state index is 10.6. The van der Waals surface area contributed by atoms with Gasteiger partial charge in [-0.25, -0.2) is 4.79 Å². The van der Waals surface area contributed by atoms with Crippen molar-refractivity contribution < 1.29 is 29.6 Å². The lowest BCUT2D eigenvalue weighted by Gasteiger charge is -2.19. The standard InChI is InChI=1S/C11H14O6/c1-16-6-4-3-5-7(17-2)8(6)9(12)10(13)11(14)15/h3-5,9-10,12-13H,1-2H3,(H,14,15). The van der Waals surface area contributed by atoms with E-state index in [0.717, 1.165) is 0 Å². The van der Waals surface area contributed by atoms with Crippen LogP contribution in [0.15, 0.2) is 18.2 Å². The molecule has 0 aromatic heterocycles. The Balaban J connectivity index is 3.22. The average molecular weight is 242 g/mol. The van der Waals surface area contributed by atoms with Gasteiger partial charge in [0.25, 0.3) is 0 Å². The summed E-state index contributed by atoms with van der Waals surface area (Å²) in [5.74, 6) is -1.03. The first kappa shape index (κ1) is 13.3. The number of carboxylic acids is 1. The van der Waals surface area contributed by atoms with E-state index in [4.69, 9.17) is 14.6 Å². The lowest BCUT2D eigenvalue weighted by Crippen LogP contribution is -2.28. The van der Waals surface area contributed by atoms with E-state index in [-0.39, 0.29) is 17.1 Å². The monoisotopic (exact) mass is 242 g/mol. The van der Waals surface area contributed by atoms with Crippen LogP contribution in [0.2, 0.25) is 0 Å². The number of aliphatic carboxylic acids is 1. The predicted molar refractivity (Wildman–Crippen MR) is 58.1 cm³/mol. The van der Waals surface area contributed by atoms with Crippen molar-refractivity contribution in [1.29, 1.82) is 0 Å². The highest BCUT2D eigenvalue weighted by atomic mass is 16.5. The van der Waals surface area contributed by atoms with Gasteiger partial charge < -0.3 is 24.8 Å². The molecule has 94 valence electrons. The van der Waals surface area contributed by atoms with Crippen LogP contribution in [0.5, 0.6) is 11.5 Å². The van der Waals surface area contributed by atoms with Crippen molar-refractivity contribution in [1.82, 2.24) is 0 Å². The first-order valence-electron chi connectivity index (χ1n) is 4.82. The largest absolute Gasteiger partial charge is 0.496 e. The molecule has 0 saturated heterocycles. The highest BCUT2D eigenvalue weighted by Crippen LogP contribution is 2.35. The number of carboxylic acid groups (broad SMARTS) is 1. The minimum absolute atomic E-state index is 0.104. The number of rotatable bonds is 5. The van der Waals surface area contributed by atoms with Gasteiger partial charge in [-0.1, -0.05) is 6.07 Å². The Labute approximate surface area is 98.0 Å². The van der Waals surface area contributed by atoms with E-state index in [2.05, 4.69) is 0 Å². The van der Waals surface area contributed by atoms with E-state index < -0.39 is 18.2 Å². The Morgan fingerprint density at radius 1 is 1.18 bits per heavy atom. The number of methoxy groups -OCH3 is 2. The molecule has 6 nitrogen and oxygen atoms in total. The third kappa shape index (κ3) is 2.66. The molecule has 0 heterocycles. The summed E-state index contributed by atoms with van der Waals surface area (Å²) in [6.45, 7) is 0. The number of benzene rings is 1. The highest BCUT2D eigenvalue weighted by Gasteiger charge is 2.30. The quantitative estimate of drug-likeness (QED) is 0.681. The third-order valence-electron chi connectivity index (χ3n) is 2.31. The Morgan fingerprint density at radius 3 is 2.00 bits per heavy atom. The van der Waals surface area contributed by atoms with Crippen LogP contribution in [0.1, 0.15) is 11.7 Å². The van der Waals surface area contributed by atoms with Crippen LogP contribution >= 0.6 is 0 Å². The predicted octanol–water partition coefficient (Wildman–Crippen LogP) is 0.183. The number of carbonyl (C=O) groups is 1. The third-order valence-corrected chi connectivity index (χ3v) is 2.31. The van der Waals surface area contributed by atoms with Gasteiger partial charge in [-0.05, 0) is 12.1 Å². The van der Waals surface area contributed by atoms with E-state index >= 15 is 0 Å². The van der Waals surface area contributed by atoms with Crippen LogP contribution in [-0.4, -0.2) is 41.6 Å². The molecule has 6 heteroatoms. The van der Waals surface area contributed by atoms with Gasteiger partial charge in [-0.2, -0.15) is 0 Å². The summed E-state index contributed by atoms with van der Waals surface area (Å²) >= 11 is 0. The molecule has 1 rings (SSSR count). The molecule has 0 spiro atoms. The fraction of sp³-hybridized carbons (Fsp3) is 0.364. The van der Waals surface area contributed by atoms with E-state index in [1.807, 2.05) is 0 Å². The molecule has 0 radical (unpaired) electrons. The Kier molecular flexibility index (Phi) is 4.30. The molecular weight excluding hydrogens is 228 g/mol. The van der Waals surface area contributed by atoms with Crippen molar-refractivity contribution in [2.75, 3.05) is 14.2 Å². The zero-order valence-electron chi connectivity index (χ0n) is 9.45. The number of ether oxygens (including phenoxy) is 2. The van der Waals surface area contributed by atoms with Crippen LogP contribution in [0.25, 0.3) is 0 Å². The Hall–Kier alpha value is -1.79. The molecule has 0 fully saturated rings. The molecule has 1 aromatic rings. The van der Waals surface area contributed by atoms with E-state index in [0.29, 0.717) is 0 Å². The molecule has 17 heavy (non-hydrogen) atoms. The first-order chi connectivity index (χ1) is 8.02. The molecule has 0 amide bonds. The van der Waals surface area contributed by atoms with Crippen molar-refractivity contribution in [2.24, 2.45) is 0 Å². The van der Waals surface area contributed by atoms with Gasteiger partial charge in [0.1, 0.15) is 17.6 Å². The fourth-order valence-corrected chi connectivity index (χ4v) is 1.46. The highest BCUT2D eigenvalue weighted by molar-refractivity contribution is 5.73. The topological polar surface area (TPSA) is 96.2 Å². The van der Waals surface area contributed by atoms with Crippen LogP contribution in [0.3, 0.4) is 0 Å². The Morgan fingerprint density at radius 2 is 1.65 bits per heavy atom. The maximum atomic E-state index is 10.6. The molecule has 0 aliphatic heterocycles. The molecule has 1 aromatic carbocycles. The van der Waals surface area contributed by atoms with Crippen molar-refractivity contribution in [2.45, 2.75) is 12.2 Å². The second kappa shape index (κ2) is 5.51.